The summed E-state index contributed by atoms with van der Waals surface area (Å²) >= 11 is 0. The predicted octanol–water partition coefficient (Wildman–Crippen LogP) is 2.17. The fourth-order valence-electron chi connectivity index (χ4n) is 2.16. The van der Waals surface area contributed by atoms with Crippen LogP contribution in [0.4, 0.5) is 0 Å². The van der Waals surface area contributed by atoms with Gasteiger partial charge in [-0.1, -0.05) is 31.5 Å². The zero-order valence-electron chi connectivity index (χ0n) is 13.1. The number of hydrogen-bond donors (Lipinski definition) is 1. The van der Waals surface area contributed by atoms with E-state index in [2.05, 4.69) is 9.46 Å². The van der Waals surface area contributed by atoms with E-state index in [0.29, 0.717) is 12.0 Å². The lowest BCUT2D eigenvalue weighted by Gasteiger charge is -2.19. The zero-order chi connectivity index (χ0) is 16.2. The summed E-state index contributed by atoms with van der Waals surface area (Å²) in [5, 5.41) is 0. The lowest BCUT2D eigenvalue weighted by Crippen LogP contribution is -2.42. The Balaban J connectivity index is 3.08. The minimum Gasteiger partial charge on any atom is -0.468 e. The second kappa shape index (κ2) is 7.04. The highest BCUT2D eigenvalue weighted by atomic mass is 32.2. The first-order chi connectivity index (χ1) is 9.67. The van der Waals surface area contributed by atoms with Crippen molar-refractivity contribution >= 4 is 16.0 Å². The van der Waals surface area contributed by atoms with E-state index in [9.17, 15) is 13.2 Å². The summed E-state index contributed by atoms with van der Waals surface area (Å²) in [7, 11) is -2.51. The summed E-state index contributed by atoms with van der Waals surface area (Å²) in [6, 6.07) is 4.21. The first kappa shape index (κ1) is 17.7. The molecule has 0 saturated carbocycles. The lowest BCUT2D eigenvalue weighted by atomic mass is 10.1. The predicted molar refractivity (Wildman–Crippen MR) is 81.5 cm³/mol. The molecule has 0 aromatic heterocycles. The van der Waals surface area contributed by atoms with Crippen molar-refractivity contribution in [1.82, 2.24) is 4.72 Å². The number of hydrogen-bond acceptors (Lipinski definition) is 4. The van der Waals surface area contributed by atoms with Crippen molar-refractivity contribution < 1.29 is 17.9 Å². The van der Waals surface area contributed by atoms with Gasteiger partial charge in [0.15, 0.2) is 0 Å². The second-order valence-corrected chi connectivity index (χ2v) is 7.28. The lowest BCUT2D eigenvalue weighted by molar-refractivity contribution is -0.143. The Morgan fingerprint density at radius 1 is 1.29 bits per heavy atom. The van der Waals surface area contributed by atoms with E-state index in [-0.39, 0.29) is 10.8 Å². The number of sulfonamides is 1. The van der Waals surface area contributed by atoms with Gasteiger partial charge < -0.3 is 4.74 Å². The molecule has 1 rings (SSSR count). The highest BCUT2D eigenvalue weighted by Crippen LogP contribution is 2.18. The molecule has 1 aromatic carbocycles. The number of carbonyl (C=O) groups is 1. The van der Waals surface area contributed by atoms with Crippen LogP contribution in [0.25, 0.3) is 0 Å². The summed E-state index contributed by atoms with van der Waals surface area (Å²) in [6.07, 6.45) is 0.386. The number of benzene rings is 1. The quantitative estimate of drug-likeness (QED) is 0.817. The molecule has 5 nitrogen and oxygen atoms in total. The van der Waals surface area contributed by atoms with Gasteiger partial charge in [-0.2, -0.15) is 4.72 Å². The molecular weight excluding hydrogens is 290 g/mol. The van der Waals surface area contributed by atoms with Crippen molar-refractivity contribution in [2.45, 2.75) is 45.1 Å². The number of aryl methyl sites for hydroxylation is 2. The molecule has 0 spiro atoms. The molecule has 0 aliphatic carbocycles. The van der Waals surface area contributed by atoms with Crippen LogP contribution >= 0.6 is 0 Å². The van der Waals surface area contributed by atoms with Crippen molar-refractivity contribution in [1.29, 1.82) is 0 Å². The number of rotatable bonds is 6. The average Bonchev–Trinajstić information content (AvgIpc) is 2.35. The van der Waals surface area contributed by atoms with Crippen molar-refractivity contribution in [3.8, 4) is 0 Å². The molecule has 0 bridgehead atoms. The molecule has 118 valence electrons. The van der Waals surface area contributed by atoms with Crippen LogP contribution < -0.4 is 4.72 Å². The highest BCUT2D eigenvalue weighted by molar-refractivity contribution is 7.89. The topological polar surface area (TPSA) is 72.5 Å². The van der Waals surface area contributed by atoms with Gasteiger partial charge in [-0.05, 0) is 37.8 Å². The maximum absolute atomic E-state index is 12.5. The fourth-order valence-corrected chi connectivity index (χ4v) is 3.58. The molecule has 0 saturated heterocycles. The maximum atomic E-state index is 12.5. The molecule has 6 heteroatoms. The normalized spacial score (nSPS) is 13.2. The Labute approximate surface area is 126 Å². The minimum atomic E-state index is -3.76. The molecule has 21 heavy (non-hydrogen) atoms. The molecule has 0 unspecified atom stereocenters. The molecule has 1 atom stereocenters. The average molecular weight is 313 g/mol. The van der Waals surface area contributed by atoms with Crippen LogP contribution in [0.3, 0.4) is 0 Å². The smallest absolute Gasteiger partial charge is 0.323 e. The second-order valence-electron chi connectivity index (χ2n) is 5.60. The fraction of sp³-hybridized carbons (Fsp3) is 0.533. The molecule has 1 aromatic rings. The van der Waals surface area contributed by atoms with E-state index >= 15 is 0 Å². The van der Waals surface area contributed by atoms with Crippen LogP contribution in [-0.4, -0.2) is 27.5 Å². The molecule has 0 radical (unpaired) electrons. The first-order valence-corrected chi connectivity index (χ1v) is 8.33. The van der Waals surface area contributed by atoms with E-state index in [1.165, 1.54) is 7.11 Å². The van der Waals surface area contributed by atoms with E-state index in [1.807, 2.05) is 20.8 Å². The van der Waals surface area contributed by atoms with Crippen LogP contribution in [0.2, 0.25) is 0 Å². The van der Waals surface area contributed by atoms with Crippen molar-refractivity contribution in [2.24, 2.45) is 5.92 Å². The molecule has 1 N–H and O–H groups in total. The maximum Gasteiger partial charge on any atom is 0.323 e. The van der Waals surface area contributed by atoms with Gasteiger partial charge in [0.25, 0.3) is 0 Å². The summed E-state index contributed by atoms with van der Waals surface area (Å²) in [5.74, 6) is -0.409. The van der Waals surface area contributed by atoms with Gasteiger partial charge >= 0.3 is 5.97 Å². The summed E-state index contributed by atoms with van der Waals surface area (Å²) in [5.41, 5.74) is 1.63. The Bertz CT molecular complexity index is 608. The Kier molecular flexibility index (Phi) is 5.92. The monoisotopic (exact) mass is 313 g/mol. The van der Waals surface area contributed by atoms with E-state index in [1.54, 1.807) is 25.1 Å². The van der Waals surface area contributed by atoms with Gasteiger partial charge in [-0.3, -0.25) is 4.79 Å². The third kappa shape index (κ3) is 4.82. The van der Waals surface area contributed by atoms with Gasteiger partial charge in [0.2, 0.25) is 10.0 Å². The van der Waals surface area contributed by atoms with Crippen molar-refractivity contribution in [2.75, 3.05) is 7.11 Å². The molecule has 0 amide bonds. The first-order valence-electron chi connectivity index (χ1n) is 6.84. The van der Waals surface area contributed by atoms with Crippen LogP contribution in [0.5, 0.6) is 0 Å². The van der Waals surface area contributed by atoms with E-state index in [4.69, 9.17) is 0 Å². The third-order valence-corrected chi connectivity index (χ3v) is 4.74. The van der Waals surface area contributed by atoms with Gasteiger partial charge in [0.05, 0.1) is 12.0 Å². The van der Waals surface area contributed by atoms with Crippen LogP contribution in [0.1, 0.15) is 31.4 Å². The van der Waals surface area contributed by atoms with E-state index < -0.39 is 22.0 Å². The SMILES string of the molecule is COC(=O)[C@@H](CC(C)C)NS(=O)(=O)c1ccc(C)cc1C. The Morgan fingerprint density at radius 3 is 2.38 bits per heavy atom. The summed E-state index contributed by atoms with van der Waals surface area (Å²) < 4.78 is 32.0. The molecule has 0 heterocycles. The van der Waals surface area contributed by atoms with Crippen LogP contribution in [0.15, 0.2) is 23.1 Å². The van der Waals surface area contributed by atoms with Crippen LogP contribution in [0, 0.1) is 19.8 Å². The number of nitrogens with one attached hydrogen (secondary N) is 1. The molecule has 0 fully saturated rings. The molecule has 0 aliphatic rings. The zero-order valence-corrected chi connectivity index (χ0v) is 14.0. The Hall–Kier alpha value is -1.40. The van der Waals surface area contributed by atoms with Gasteiger partial charge in [0.1, 0.15) is 6.04 Å². The Morgan fingerprint density at radius 2 is 1.90 bits per heavy atom. The summed E-state index contributed by atoms with van der Waals surface area (Å²) in [6.45, 7) is 7.47. The summed E-state index contributed by atoms with van der Waals surface area (Å²) in [4.78, 5) is 11.9. The number of ether oxygens (including phenoxy) is 1. The van der Waals surface area contributed by atoms with Gasteiger partial charge in [-0.15, -0.1) is 0 Å². The van der Waals surface area contributed by atoms with Crippen LogP contribution in [-0.2, 0) is 19.6 Å². The number of methoxy groups -OCH3 is 1. The largest absolute Gasteiger partial charge is 0.468 e. The minimum absolute atomic E-state index is 0.163. The third-order valence-electron chi connectivity index (χ3n) is 3.11. The number of esters is 1. The molecule has 0 aliphatic heterocycles. The van der Waals surface area contributed by atoms with Crippen molar-refractivity contribution in [3.05, 3.63) is 29.3 Å². The number of carbonyl (C=O) groups excluding carboxylic acids is 1. The van der Waals surface area contributed by atoms with Gasteiger partial charge in [-0.25, -0.2) is 8.42 Å². The van der Waals surface area contributed by atoms with Crippen molar-refractivity contribution in [3.63, 3.8) is 0 Å². The standard InChI is InChI=1S/C15H23NO4S/c1-10(2)8-13(15(17)20-5)16-21(18,19)14-7-6-11(3)9-12(14)4/h6-7,9-10,13,16H,8H2,1-5H3/t13-/m1/s1. The highest BCUT2D eigenvalue weighted by Gasteiger charge is 2.27. The van der Waals surface area contributed by atoms with Gasteiger partial charge in [0, 0.05) is 0 Å². The van der Waals surface area contributed by atoms with E-state index in [0.717, 1.165) is 5.56 Å². The molecular formula is C15H23NO4S.